The van der Waals surface area contributed by atoms with Gasteiger partial charge in [0, 0.05) is 10.6 Å². The Morgan fingerprint density at radius 2 is 1.97 bits per heavy atom. The molecule has 9 nitrogen and oxygen atoms in total. The maximum absolute atomic E-state index is 14.6. The van der Waals surface area contributed by atoms with Crippen LogP contribution in [0.4, 0.5) is 14.9 Å². The molecule has 0 spiro atoms. The molecule has 0 saturated carbocycles. The minimum Gasteiger partial charge on any atom is -0.444 e. The van der Waals surface area contributed by atoms with Crippen LogP contribution >= 0.6 is 11.8 Å². The van der Waals surface area contributed by atoms with Crippen LogP contribution in [-0.4, -0.2) is 35.3 Å². The molecule has 0 aliphatic carbocycles. The highest BCUT2D eigenvalue weighted by Crippen LogP contribution is 2.37. The molecule has 1 atom stereocenters. The second-order valence-electron chi connectivity index (χ2n) is 8.52. The zero-order valence-corrected chi connectivity index (χ0v) is 19.7. The fraction of sp³-hybridized carbons (Fsp3) is 0.304. The topological polar surface area (TPSA) is 138 Å². The van der Waals surface area contributed by atoms with E-state index in [0.29, 0.717) is 21.7 Å². The average molecular weight is 486 g/mol. The minimum atomic E-state index is -0.972. The molecule has 34 heavy (non-hydrogen) atoms. The summed E-state index contributed by atoms with van der Waals surface area (Å²) in [5.41, 5.74) is 2.26. The molecule has 0 aromatic heterocycles. The van der Waals surface area contributed by atoms with Gasteiger partial charge in [-0.15, -0.1) is 11.8 Å². The molecule has 2 aromatic carbocycles. The first-order valence-electron chi connectivity index (χ1n) is 10.3. The van der Waals surface area contributed by atoms with Crippen molar-refractivity contribution in [3.63, 3.8) is 0 Å². The average Bonchev–Trinajstić information content (AvgIpc) is 2.89. The van der Waals surface area contributed by atoms with Gasteiger partial charge in [-0.05, 0) is 50.6 Å². The van der Waals surface area contributed by atoms with Gasteiger partial charge in [0.05, 0.1) is 29.4 Å². The summed E-state index contributed by atoms with van der Waals surface area (Å²) in [4.78, 5) is 39.8. The molecular weight excluding hydrogens is 461 g/mol. The van der Waals surface area contributed by atoms with Crippen molar-refractivity contribution in [2.45, 2.75) is 43.9 Å². The van der Waals surface area contributed by atoms with Crippen LogP contribution in [0.1, 0.15) is 42.3 Å². The number of nitrogens with one attached hydrogen (secondary N) is 2. The predicted molar refractivity (Wildman–Crippen MR) is 124 cm³/mol. The maximum atomic E-state index is 14.6. The number of anilines is 1. The summed E-state index contributed by atoms with van der Waals surface area (Å²) in [7, 11) is 0. The summed E-state index contributed by atoms with van der Waals surface area (Å²) in [5.74, 6) is 3.20. The van der Waals surface area contributed by atoms with E-state index >= 15 is 0 Å². The molecule has 3 rings (SSSR count). The number of amides is 3. The standard InChI is InChI=1S/C23H24FN5O4S/c1-23(2,3)33-22(32)27-17-12-34-19-9-16(24)15(20(30)28-26)8-18(19)29(21(17)31)11-14-6-4-13(10-25)5-7-14/h4-9,17H,11-12,26H2,1-3H3,(H,27,32)(H,28,30)/t17-/m0/s1. The number of alkyl carbamates (subject to hydrolysis) is 1. The number of carbonyl (C=O) groups excluding carboxylic acids is 3. The predicted octanol–water partition coefficient (Wildman–Crippen LogP) is 2.83. The number of halogens is 1. The smallest absolute Gasteiger partial charge is 0.408 e. The quantitative estimate of drug-likeness (QED) is 0.344. The number of carbonyl (C=O) groups is 3. The lowest BCUT2D eigenvalue weighted by atomic mass is 10.1. The van der Waals surface area contributed by atoms with E-state index in [1.807, 2.05) is 11.5 Å². The molecule has 0 fully saturated rings. The highest BCUT2D eigenvalue weighted by Gasteiger charge is 2.34. The molecule has 0 saturated heterocycles. The third kappa shape index (κ3) is 5.84. The first-order valence-corrected chi connectivity index (χ1v) is 11.3. The molecular formula is C23H24FN5O4S. The second-order valence-corrected chi connectivity index (χ2v) is 9.58. The Hall–Kier alpha value is -3.62. The largest absolute Gasteiger partial charge is 0.444 e. The van der Waals surface area contributed by atoms with E-state index in [1.54, 1.807) is 45.0 Å². The number of nitrogens with two attached hydrogens (primary N) is 1. The number of nitriles is 1. The Kier molecular flexibility index (Phi) is 7.44. The Morgan fingerprint density at radius 3 is 2.56 bits per heavy atom. The zero-order chi connectivity index (χ0) is 25.0. The van der Waals surface area contributed by atoms with Gasteiger partial charge in [-0.1, -0.05) is 12.1 Å². The van der Waals surface area contributed by atoms with Crippen LogP contribution in [0.3, 0.4) is 0 Å². The first-order chi connectivity index (χ1) is 16.0. The highest BCUT2D eigenvalue weighted by atomic mass is 32.2. The Balaban J connectivity index is 2.01. The molecule has 0 radical (unpaired) electrons. The molecule has 4 N–H and O–H groups in total. The van der Waals surface area contributed by atoms with Gasteiger partial charge in [-0.2, -0.15) is 5.26 Å². The van der Waals surface area contributed by atoms with Crippen molar-refractivity contribution in [3.8, 4) is 6.07 Å². The van der Waals surface area contributed by atoms with Crippen LogP contribution in [-0.2, 0) is 16.1 Å². The number of nitrogen functional groups attached to an aromatic ring is 1. The fourth-order valence-electron chi connectivity index (χ4n) is 3.26. The fourth-order valence-corrected chi connectivity index (χ4v) is 4.33. The number of hydrazine groups is 1. The number of thioether (sulfide) groups is 1. The van der Waals surface area contributed by atoms with Gasteiger partial charge in [0.15, 0.2) is 0 Å². The van der Waals surface area contributed by atoms with Crippen molar-refractivity contribution in [2.75, 3.05) is 10.7 Å². The number of nitrogens with zero attached hydrogens (tertiary/aromatic N) is 2. The lowest BCUT2D eigenvalue weighted by molar-refractivity contribution is -0.120. The number of rotatable bonds is 4. The van der Waals surface area contributed by atoms with Gasteiger partial charge >= 0.3 is 6.09 Å². The number of ether oxygens (including phenoxy) is 1. The maximum Gasteiger partial charge on any atom is 0.408 e. The number of hydrogen-bond donors (Lipinski definition) is 3. The summed E-state index contributed by atoms with van der Waals surface area (Å²) in [5, 5.41) is 11.6. The molecule has 1 aliphatic heterocycles. The van der Waals surface area contributed by atoms with E-state index < -0.39 is 35.4 Å². The van der Waals surface area contributed by atoms with Gasteiger partial charge in [0.2, 0.25) is 0 Å². The molecule has 3 amide bonds. The van der Waals surface area contributed by atoms with Crippen LogP contribution in [0.25, 0.3) is 0 Å². The Bertz CT molecular complexity index is 1160. The van der Waals surface area contributed by atoms with Crippen molar-refractivity contribution in [1.82, 2.24) is 10.7 Å². The summed E-state index contributed by atoms with van der Waals surface area (Å²) < 4.78 is 19.9. The van der Waals surface area contributed by atoms with Crippen LogP contribution in [0.15, 0.2) is 41.3 Å². The molecule has 11 heteroatoms. The monoisotopic (exact) mass is 485 g/mol. The summed E-state index contributed by atoms with van der Waals surface area (Å²) >= 11 is 1.17. The van der Waals surface area contributed by atoms with Crippen molar-refractivity contribution in [2.24, 2.45) is 5.84 Å². The lowest BCUT2D eigenvalue weighted by Gasteiger charge is -2.27. The Morgan fingerprint density at radius 1 is 1.29 bits per heavy atom. The van der Waals surface area contributed by atoms with Gasteiger partial charge in [-0.3, -0.25) is 15.0 Å². The number of benzene rings is 2. The van der Waals surface area contributed by atoms with E-state index in [0.717, 1.165) is 0 Å². The summed E-state index contributed by atoms with van der Waals surface area (Å²) in [6, 6.07) is 10.1. The Labute approximate surface area is 200 Å². The lowest BCUT2D eigenvalue weighted by Crippen LogP contribution is -2.50. The summed E-state index contributed by atoms with van der Waals surface area (Å²) in [6.45, 7) is 5.17. The third-order valence-corrected chi connectivity index (χ3v) is 5.94. The minimum absolute atomic E-state index is 0.0555. The van der Waals surface area contributed by atoms with E-state index in [9.17, 15) is 18.8 Å². The van der Waals surface area contributed by atoms with E-state index in [1.165, 1.54) is 28.8 Å². The third-order valence-electron chi connectivity index (χ3n) is 4.80. The van der Waals surface area contributed by atoms with Crippen LogP contribution in [0, 0.1) is 17.1 Å². The van der Waals surface area contributed by atoms with E-state index in [-0.39, 0.29) is 17.9 Å². The van der Waals surface area contributed by atoms with Gasteiger partial charge < -0.3 is 15.0 Å². The second kappa shape index (κ2) is 10.1. The molecule has 0 unspecified atom stereocenters. The van der Waals surface area contributed by atoms with E-state index in [2.05, 4.69) is 5.32 Å². The molecule has 178 valence electrons. The van der Waals surface area contributed by atoms with Gasteiger partial charge in [0.1, 0.15) is 17.5 Å². The molecule has 1 aliphatic rings. The van der Waals surface area contributed by atoms with Gasteiger partial charge in [0.25, 0.3) is 11.8 Å². The molecule has 1 heterocycles. The van der Waals surface area contributed by atoms with Crippen molar-refractivity contribution in [3.05, 3.63) is 58.9 Å². The van der Waals surface area contributed by atoms with Crippen molar-refractivity contribution >= 4 is 35.4 Å². The van der Waals surface area contributed by atoms with Crippen LogP contribution < -0.4 is 21.5 Å². The van der Waals surface area contributed by atoms with Crippen LogP contribution in [0.5, 0.6) is 0 Å². The van der Waals surface area contributed by atoms with Crippen LogP contribution in [0.2, 0.25) is 0 Å². The van der Waals surface area contributed by atoms with Gasteiger partial charge in [-0.25, -0.2) is 15.0 Å². The summed E-state index contributed by atoms with van der Waals surface area (Å²) in [6.07, 6.45) is -0.759. The highest BCUT2D eigenvalue weighted by molar-refractivity contribution is 7.99. The SMILES string of the molecule is CC(C)(C)OC(=O)N[C@H]1CSc2cc(F)c(C(=O)NN)cc2N(Cc2ccc(C#N)cc2)C1=O. The molecule has 0 bridgehead atoms. The van der Waals surface area contributed by atoms with Crippen molar-refractivity contribution < 1.29 is 23.5 Å². The number of hydrogen-bond acceptors (Lipinski definition) is 7. The van der Waals surface area contributed by atoms with E-state index in [4.69, 9.17) is 15.8 Å². The first kappa shape index (κ1) is 25.0. The molecule has 2 aromatic rings. The number of fused-ring (bicyclic) bond motifs is 1. The normalized spacial score (nSPS) is 15.6. The zero-order valence-electron chi connectivity index (χ0n) is 18.8. The van der Waals surface area contributed by atoms with Crippen molar-refractivity contribution in [1.29, 1.82) is 5.26 Å².